The van der Waals surface area contributed by atoms with Crippen LogP contribution in [0.15, 0.2) is 69.1 Å². The molecule has 1 aliphatic rings. The molecule has 136 valence electrons. The lowest BCUT2D eigenvalue weighted by Crippen LogP contribution is -2.07. The van der Waals surface area contributed by atoms with E-state index in [0.29, 0.717) is 30.2 Å². The highest BCUT2D eigenvalue weighted by Gasteiger charge is 2.19. The maximum Gasteiger partial charge on any atom is 0.157 e. The van der Waals surface area contributed by atoms with Crippen molar-refractivity contribution in [1.82, 2.24) is 5.16 Å². The number of hydrogen-bond acceptors (Lipinski definition) is 5. The highest BCUT2D eigenvalue weighted by atomic mass is 19.1. The van der Waals surface area contributed by atoms with Gasteiger partial charge in [-0.3, -0.25) is 4.99 Å². The van der Waals surface area contributed by atoms with Crippen LogP contribution in [-0.2, 0) is 6.42 Å². The van der Waals surface area contributed by atoms with Gasteiger partial charge < -0.3 is 9.26 Å². The number of amidine groups is 1. The highest BCUT2D eigenvalue weighted by molar-refractivity contribution is 6.07. The van der Waals surface area contributed by atoms with E-state index in [0.717, 1.165) is 17.0 Å². The van der Waals surface area contributed by atoms with Gasteiger partial charge in [0.2, 0.25) is 0 Å². The fourth-order valence-electron chi connectivity index (χ4n) is 2.90. The SMILES string of the molecule is CCOc1ccc(-c2cc(CC3C=NC(c4ccccc4F)=N3)on2)cc1. The van der Waals surface area contributed by atoms with E-state index in [1.54, 1.807) is 24.4 Å². The van der Waals surface area contributed by atoms with Crippen molar-refractivity contribution in [1.29, 1.82) is 0 Å². The van der Waals surface area contributed by atoms with Gasteiger partial charge in [-0.05, 0) is 43.3 Å². The van der Waals surface area contributed by atoms with Crippen molar-refractivity contribution in [2.45, 2.75) is 19.4 Å². The summed E-state index contributed by atoms with van der Waals surface area (Å²) in [5, 5.41) is 4.13. The molecule has 1 unspecified atom stereocenters. The molecule has 1 aliphatic heterocycles. The fraction of sp³-hybridized carbons (Fsp3) is 0.190. The van der Waals surface area contributed by atoms with Crippen LogP contribution in [0.25, 0.3) is 11.3 Å². The van der Waals surface area contributed by atoms with Gasteiger partial charge in [-0.1, -0.05) is 17.3 Å². The molecule has 0 saturated heterocycles. The van der Waals surface area contributed by atoms with Gasteiger partial charge in [0.1, 0.15) is 23.0 Å². The van der Waals surface area contributed by atoms with Crippen LogP contribution < -0.4 is 4.74 Å². The van der Waals surface area contributed by atoms with Gasteiger partial charge in [0.15, 0.2) is 5.84 Å². The summed E-state index contributed by atoms with van der Waals surface area (Å²) in [5.74, 6) is 1.60. The van der Waals surface area contributed by atoms with Crippen molar-refractivity contribution >= 4 is 12.1 Å². The quantitative estimate of drug-likeness (QED) is 0.655. The van der Waals surface area contributed by atoms with Gasteiger partial charge in [0.05, 0.1) is 18.2 Å². The minimum absolute atomic E-state index is 0.194. The molecule has 0 N–H and O–H groups in total. The van der Waals surface area contributed by atoms with E-state index in [1.807, 2.05) is 37.3 Å². The summed E-state index contributed by atoms with van der Waals surface area (Å²) in [6.07, 6.45) is 2.23. The molecule has 0 radical (unpaired) electrons. The average molecular weight is 363 g/mol. The van der Waals surface area contributed by atoms with Crippen molar-refractivity contribution in [3.63, 3.8) is 0 Å². The summed E-state index contributed by atoms with van der Waals surface area (Å²) >= 11 is 0. The van der Waals surface area contributed by atoms with Crippen molar-refractivity contribution in [3.05, 3.63) is 71.7 Å². The predicted octanol–water partition coefficient (Wildman–Crippen LogP) is 4.32. The minimum Gasteiger partial charge on any atom is -0.494 e. The first-order valence-electron chi connectivity index (χ1n) is 8.78. The Morgan fingerprint density at radius 3 is 2.70 bits per heavy atom. The summed E-state index contributed by atoms with van der Waals surface area (Å²) in [6, 6.07) is 15.9. The smallest absolute Gasteiger partial charge is 0.157 e. The number of aromatic nitrogens is 1. The van der Waals surface area contributed by atoms with Crippen LogP contribution in [0, 0.1) is 5.82 Å². The van der Waals surface area contributed by atoms with Crippen LogP contribution in [0.5, 0.6) is 5.75 Å². The molecule has 27 heavy (non-hydrogen) atoms. The van der Waals surface area contributed by atoms with Crippen molar-refractivity contribution in [2.24, 2.45) is 9.98 Å². The number of hydrogen-bond donors (Lipinski definition) is 0. The van der Waals surface area contributed by atoms with E-state index in [-0.39, 0.29) is 11.9 Å². The van der Waals surface area contributed by atoms with Crippen LogP contribution in [-0.4, -0.2) is 29.9 Å². The Kier molecular flexibility index (Phi) is 4.78. The highest BCUT2D eigenvalue weighted by Crippen LogP contribution is 2.23. The molecule has 0 saturated carbocycles. The van der Waals surface area contributed by atoms with Gasteiger partial charge in [-0.2, -0.15) is 0 Å². The van der Waals surface area contributed by atoms with Crippen LogP contribution in [0.4, 0.5) is 4.39 Å². The Labute approximate surface area is 156 Å². The number of halogens is 1. The molecule has 1 atom stereocenters. The third kappa shape index (κ3) is 3.79. The zero-order valence-electron chi connectivity index (χ0n) is 14.8. The first-order valence-corrected chi connectivity index (χ1v) is 8.78. The Morgan fingerprint density at radius 1 is 1.11 bits per heavy atom. The monoisotopic (exact) mass is 363 g/mol. The number of nitrogens with zero attached hydrogens (tertiary/aromatic N) is 3. The Morgan fingerprint density at radius 2 is 1.93 bits per heavy atom. The maximum absolute atomic E-state index is 13.9. The number of aliphatic imine (C=N–C) groups is 2. The van der Waals surface area contributed by atoms with E-state index >= 15 is 0 Å². The lowest BCUT2D eigenvalue weighted by atomic mass is 10.1. The molecule has 5 nitrogen and oxygen atoms in total. The summed E-state index contributed by atoms with van der Waals surface area (Å²) in [7, 11) is 0. The molecule has 4 rings (SSSR count). The zero-order valence-corrected chi connectivity index (χ0v) is 14.8. The molecule has 3 aromatic rings. The van der Waals surface area contributed by atoms with E-state index in [2.05, 4.69) is 15.1 Å². The molecule has 6 heteroatoms. The van der Waals surface area contributed by atoms with Crippen LogP contribution in [0.1, 0.15) is 18.2 Å². The van der Waals surface area contributed by atoms with Gasteiger partial charge in [-0.15, -0.1) is 0 Å². The number of rotatable bonds is 6. The maximum atomic E-state index is 13.9. The second-order valence-corrected chi connectivity index (χ2v) is 6.12. The van der Waals surface area contributed by atoms with Gasteiger partial charge in [0.25, 0.3) is 0 Å². The molecule has 2 heterocycles. The summed E-state index contributed by atoms with van der Waals surface area (Å²) in [6.45, 7) is 2.58. The Bertz CT molecular complexity index is 993. The lowest BCUT2D eigenvalue weighted by molar-refractivity contribution is 0.340. The molecule has 0 fully saturated rings. The summed E-state index contributed by atoms with van der Waals surface area (Å²) in [4.78, 5) is 8.72. The van der Waals surface area contributed by atoms with Crippen molar-refractivity contribution in [3.8, 4) is 17.0 Å². The normalized spacial score (nSPS) is 15.8. The van der Waals surface area contributed by atoms with Crippen LogP contribution in [0.2, 0.25) is 0 Å². The fourth-order valence-corrected chi connectivity index (χ4v) is 2.90. The Balaban J connectivity index is 1.46. The lowest BCUT2D eigenvalue weighted by Gasteiger charge is -2.02. The molecular formula is C21H18FN3O2. The van der Waals surface area contributed by atoms with Crippen LogP contribution >= 0.6 is 0 Å². The topological polar surface area (TPSA) is 60.0 Å². The predicted molar refractivity (Wildman–Crippen MR) is 102 cm³/mol. The molecule has 0 spiro atoms. The molecule has 0 aliphatic carbocycles. The zero-order chi connectivity index (χ0) is 18.6. The van der Waals surface area contributed by atoms with E-state index < -0.39 is 0 Å². The first-order chi connectivity index (χ1) is 13.2. The number of ether oxygens (including phenoxy) is 1. The van der Waals surface area contributed by atoms with Crippen molar-refractivity contribution < 1.29 is 13.7 Å². The average Bonchev–Trinajstić information content (AvgIpc) is 3.33. The van der Waals surface area contributed by atoms with E-state index in [1.165, 1.54) is 6.07 Å². The third-order valence-electron chi connectivity index (χ3n) is 4.20. The third-order valence-corrected chi connectivity index (χ3v) is 4.20. The van der Waals surface area contributed by atoms with Gasteiger partial charge >= 0.3 is 0 Å². The van der Waals surface area contributed by atoms with Gasteiger partial charge in [-0.25, -0.2) is 9.38 Å². The standard InChI is InChI=1S/C21H18FN3O2/c1-2-26-16-9-7-14(8-10-16)20-12-17(27-25-20)11-15-13-23-21(24-15)18-5-3-4-6-19(18)22/h3-10,12-13,15H,2,11H2,1H3. The molecule has 0 amide bonds. The summed E-state index contributed by atoms with van der Waals surface area (Å²) in [5.41, 5.74) is 2.11. The van der Waals surface area contributed by atoms with Crippen LogP contribution in [0.3, 0.4) is 0 Å². The molecule has 0 bridgehead atoms. The van der Waals surface area contributed by atoms with E-state index in [9.17, 15) is 4.39 Å². The second kappa shape index (κ2) is 7.53. The Hall–Kier alpha value is -3.28. The van der Waals surface area contributed by atoms with Gasteiger partial charge in [0, 0.05) is 24.3 Å². The largest absolute Gasteiger partial charge is 0.494 e. The molecule has 1 aromatic heterocycles. The van der Waals surface area contributed by atoms with Crippen molar-refractivity contribution in [2.75, 3.05) is 6.61 Å². The van der Waals surface area contributed by atoms with E-state index in [4.69, 9.17) is 9.26 Å². The first kappa shape index (κ1) is 17.1. The number of benzene rings is 2. The summed E-state index contributed by atoms with van der Waals surface area (Å²) < 4.78 is 24.8. The minimum atomic E-state index is -0.327. The second-order valence-electron chi connectivity index (χ2n) is 6.12. The molecule has 2 aromatic carbocycles. The molecular weight excluding hydrogens is 345 g/mol.